The molecule has 1 amide bonds. The van der Waals surface area contributed by atoms with Gasteiger partial charge in [-0.05, 0) is 72.7 Å². The Bertz CT molecular complexity index is 1270. The summed E-state index contributed by atoms with van der Waals surface area (Å²) in [4.78, 5) is 26.5. The standard InChI is InChI=1S/C28H27F9N2O3/c1-16(41)39(13-17-9-20(27(32,33)34)11-21(10-17)28(35,36)37)24-7-8-38(25(14-42-15-40)18-3-2-4-18)23-6-5-19(12-22(23)24)26(29,30)31/h5-6,9-12,15,18,24-25H,2-4,7-8,13-14H2,1H3. The van der Waals surface area contributed by atoms with E-state index in [1.54, 1.807) is 0 Å². The van der Waals surface area contributed by atoms with Gasteiger partial charge < -0.3 is 14.5 Å². The highest BCUT2D eigenvalue weighted by molar-refractivity contribution is 5.75. The minimum absolute atomic E-state index is 0.0276. The molecule has 2 aromatic rings. The van der Waals surface area contributed by atoms with Crippen molar-refractivity contribution in [3.05, 3.63) is 64.2 Å². The van der Waals surface area contributed by atoms with Crippen LogP contribution in [0.15, 0.2) is 36.4 Å². The summed E-state index contributed by atoms with van der Waals surface area (Å²) in [5.74, 6) is -0.658. The van der Waals surface area contributed by atoms with E-state index >= 15 is 0 Å². The van der Waals surface area contributed by atoms with E-state index in [0.717, 1.165) is 43.2 Å². The molecule has 1 fully saturated rings. The molecule has 4 rings (SSSR count). The van der Waals surface area contributed by atoms with Gasteiger partial charge in [0.05, 0.1) is 28.8 Å². The van der Waals surface area contributed by atoms with Crippen molar-refractivity contribution in [2.45, 2.75) is 69.8 Å². The Morgan fingerprint density at radius 1 is 0.929 bits per heavy atom. The van der Waals surface area contributed by atoms with E-state index in [1.165, 1.54) is 6.07 Å². The number of amides is 1. The van der Waals surface area contributed by atoms with Gasteiger partial charge in [-0.25, -0.2) is 0 Å². The van der Waals surface area contributed by atoms with Crippen LogP contribution >= 0.6 is 0 Å². The number of alkyl halides is 9. The second kappa shape index (κ2) is 11.7. The third-order valence-electron chi connectivity index (χ3n) is 7.88. The van der Waals surface area contributed by atoms with Crippen LogP contribution in [-0.4, -0.2) is 36.5 Å². The molecule has 0 aromatic heterocycles. The van der Waals surface area contributed by atoms with Crippen molar-refractivity contribution in [3.8, 4) is 0 Å². The Morgan fingerprint density at radius 2 is 1.52 bits per heavy atom. The number of fused-ring (bicyclic) bond motifs is 1. The third kappa shape index (κ3) is 6.78. The summed E-state index contributed by atoms with van der Waals surface area (Å²) in [5.41, 5.74) is -4.27. The van der Waals surface area contributed by atoms with Gasteiger partial charge in [-0.1, -0.05) is 6.42 Å². The van der Waals surface area contributed by atoms with E-state index in [9.17, 15) is 49.1 Å². The minimum Gasteiger partial charge on any atom is -0.466 e. The molecule has 1 heterocycles. The van der Waals surface area contributed by atoms with Crippen LogP contribution in [0.3, 0.4) is 0 Å². The largest absolute Gasteiger partial charge is 0.466 e. The lowest BCUT2D eigenvalue weighted by Gasteiger charge is -2.47. The van der Waals surface area contributed by atoms with E-state index in [2.05, 4.69) is 0 Å². The number of ether oxygens (including phenoxy) is 1. The van der Waals surface area contributed by atoms with E-state index in [0.29, 0.717) is 17.8 Å². The Labute approximate surface area is 235 Å². The van der Waals surface area contributed by atoms with Crippen molar-refractivity contribution in [1.82, 2.24) is 4.90 Å². The number of nitrogens with zero attached hydrogens (tertiary/aromatic N) is 2. The summed E-state index contributed by atoms with van der Waals surface area (Å²) in [6.07, 6.45) is -12.4. The highest BCUT2D eigenvalue weighted by Gasteiger charge is 2.41. The van der Waals surface area contributed by atoms with Crippen LogP contribution in [0.1, 0.15) is 66.5 Å². The maximum atomic E-state index is 13.8. The van der Waals surface area contributed by atoms with Crippen LogP contribution in [-0.2, 0) is 39.4 Å². The number of hydrogen-bond donors (Lipinski definition) is 0. The fraction of sp³-hybridized carbons (Fsp3) is 0.500. The van der Waals surface area contributed by atoms with E-state index in [4.69, 9.17) is 4.74 Å². The molecule has 0 radical (unpaired) electrons. The molecule has 5 nitrogen and oxygen atoms in total. The molecular formula is C28H27F9N2O3. The average molecular weight is 611 g/mol. The van der Waals surface area contributed by atoms with Crippen LogP contribution < -0.4 is 4.90 Å². The van der Waals surface area contributed by atoms with Gasteiger partial charge in [0.2, 0.25) is 5.91 Å². The molecule has 230 valence electrons. The van der Waals surface area contributed by atoms with Crippen LogP contribution in [0, 0.1) is 5.92 Å². The fourth-order valence-electron chi connectivity index (χ4n) is 5.66. The van der Waals surface area contributed by atoms with Gasteiger partial charge in [-0.3, -0.25) is 9.59 Å². The molecule has 2 atom stereocenters. The topological polar surface area (TPSA) is 49.9 Å². The van der Waals surface area contributed by atoms with E-state index in [-0.39, 0.29) is 49.6 Å². The first-order valence-corrected chi connectivity index (χ1v) is 13.1. The molecule has 14 heteroatoms. The molecule has 1 saturated carbocycles. The van der Waals surface area contributed by atoms with Gasteiger partial charge in [0.25, 0.3) is 6.47 Å². The van der Waals surface area contributed by atoms with Crippen molar-refractivity contribution < 1.29 is 53.8 Å². The summed E-state index contributed by atoms with van der Waals surface area (Å²) in [7, 11) is 0. The molecule has 1 aliphatic heterocycles. The smallest absolute Gasteiger partial charge is 0.416 e. The van der Waals surface area contributed by atoms with Gasteiger partial charge in [0.15, 0.2) is 0 Å². The number of anilines is 1. The SMILES string of the molecule is CC(=O)N(Cc1cc(C(F)(F)F)cc(C(F)(F)F)c1)C1CCN(C(COC=O)C2CCC2)c2ccc(C(F)(F)F)cc21. The van der Waals surface area contributed by atoms with Gasteiger partial charge in [-0.2, -0.15) is 39.5 Å². The predicted octanol–water partition coefficient (Wildman–Crippen LogP) is 7.38. The Kier molecular flexibility index (Phi) is 8.75. The second-order valence-corrected chi connectivity index (χ2v) is 10.5. The van der Waals surface area contributed by atoms with Crippen molar-refractivity contribution in [2.75, 3.05) is 18.1 Å². The predicted molar refractivity (Wildman–Crippen MR) is 132 cm³/mol. The third-order valence-corrected chi connectivity index (χ3v) is 7.88. The van der Waals surface area contributed by atoms with E-state index in [1.807, 2.05) is 4.90 Å². The highest BCUT2D eigenvalue weighted by Crippen LogP contribution is 2.45. The second-order valence-electron chi connectivity index (χ2n) is 10.5. The van der Waals surface area contributed by atoms with Crippen molar-refractivity contribution >= 4 is 18.1 Å². The van der Waals surface area contributed by atoms with Gasteiger partial charge >= 0.3 is 18.5 Å². The van der Waals surface area contributed by atoms with Crippen molar-refractivity contribution in [3.63, 3.8) is 0 Å². The summed E-state index contributed by atoms with van der Waals surface area (Å²) < 4.78 is 127. The number of halogens is 9. The average Bonchev–Trinajstić information content (AvgIpc) is 2.86. The number of benzene rings is 2. The maximum Gasteiger partial charge on any atom is 0.416 e. The lowest BCUT2D eigenvalue weighted by atomic mass is 9.78. The van der Waals surface area contributed by atoms with Crippen LogP contribution in [0.4, 0.5) is 45.2 Å². The number of hydrogen-bond acceptors (Lipinski definition) is 4. The monoisotopic (exact) mass is 610 g/mol. The summed E-state index contributed by atoms with van der Waals surface area (Å²) in [6.45, 7) is 0.774. The number of carbonyl (C=O) groups is 2. The Morgan fingerprint density at radius 3 is 2.00 bits per heavy atom. The lowest BCUT2D eigenvalue weighted by molar-refractivity contribution is -0.143. The Hall–Kier alpha value is -3.45. The first-order chi connectivity index (χ1) is 19.5. The normalized spacial score (nSPS) is 18.6. The van der Waals surface area contributed by atoms with Crippen LogP contribution in [0.2, 0.25) is 0 Å². The molecule has 1 aliphatic carbocycles. The maximum absolute atomic E-state index is 13.8. The van der Waals surface area contributed by atoms with E-state index < -0.39 is 59.3 Å². The summed E-state index contributed by atoms with van der Waals surface area (Å²) in [6, 6.07) is 2.46. The minimum atomic E-state index is -5.11. The van der Waals surface area contributed by atoms with Gasteiger partial charge in [0, 0.05) is 25.7 Å². The zero-order valence-electron chi connectivity index (χ0n) is 22.2. The fourth-order valence-corrected chi connectivity index (χ4v) is 5.66. The lowest BCUT2D eigenvalue weighted by Crippen LogP contribution is -2.50. The Balaban J connectivity index is 1.79. The number of carbonyl (C=O) groups excluding carboxylic acids is 2. The zero-order chi connectivity index (χ0) is 31.0. The molecule has 0 N–H and O–H groups in total. The van der Waals surface area contributed by atoms with Gasteiger partial charge in [-0.15, -0.1) is 0 Å². The number of rotatable bonds is 8. The molecule has 0 saturated heterocycles. The van der Waals surface area contributed by atoms with Crippen LogP contribution in [0.5, 0.6) is 0 Å². The van der Waals surface area contributed by atoms with Crippen molar-refractivity contribution in [2.24, 2.45) is 5.92 Å². The molecule has 2 aliphatic rings. The quantitative estimate of drug-likeness (QED) is 0.231. The highest BCUT2D eigenvalue weighted by atomic mass is 19.4. The summed E-state index contributed by atoms with van der Waals surface area (Å²) >= 11 is 0. The zero-order valence-corrected chi connectivity index (χ0v) is 22.2. The molecule has 2 aromatic carbocycles. The van der Waals surface area contributed by atoms with Crippen LogP contribution in [0.25, 0.3) is 0 Å². The first-order valence-electron chi connectivity index (χ1n) is 13.1. The van der Waals surface area contributed by atoms with Gasteiger partial charge in [0.1, 0.15) is 6.61 Å². The molecule has 0 bridgehead atoms. The molecule has 42 heavy (non-hydrogen) atoms. The summed E-state index contributed by atoms with van der Waals surface area (Å²) in [5, 5.41) is 0. The molecular weight excluding hydrogens is 583 g/mol. The van der Waals surface area contributed by atoms with Crippen molar-refractivity contribution in [1.29, 1.82) is 0 Å². The molecule has 0 spiro atoms. The molecule has 2 unspecified atom stereocenters. The first kappa shape index (κ1) is 31.5.